The second kappa shape index (κ2) is 5.87. The highest BCUT2D eigenvalue weighted by molar-refractivity contribution is 7.80. The van der Waals surface area contributed by atoms with Crippen LogP contribution in [0.3, 0.4) is 0 Å². The average Bonchev–Trinajstić information content (AvgIpc) is 2.35. The molecule has 98 valence electrons. The number of anilines is 1. The molecule has 1 atom stereocenters. The number of benzene rings is 1. The molecule has 0 radical (unpaired) electrons. The quantitative estimate of drug-likeness (QED) is 0.778. The molecule has 1 aliphatic heterocycles. The Balaban J connectivity index is 2.04. The monoisotopic (exact) mass is 284 g/mol. The standard InChI is InChI=1S/C13H17ClN2OS/c1-9-11(14)5-2-6-12(9)15-13(18)16-7-3-4-10(17)8-16/h2,5-6,10,17H,3-4,7-8H2,1H3,(H,15,18). The molecule has 1 heterocycles. The Morgan fingerprint density at radius 2 is 2.33 bits per heavy atom. The highest BCUT2D eigenvalue weighted by Gasteiger charge is 2.20. The number of β-amino-alcohol motifs (C(OH)–C–C–N with tert-alkyl or cyclic N) is 1. The molecule has 5 heteroatoms. The zero-order valence-corrected chi connectivity index (χ0v) is 11.9. The smallest absolute Gasteiger partial charge is 0.173 e. The topological polar surface area (TPSA) is 35.5 Å². The molecule has 1 aromatic rings. The molecule has 0 amide bonds. The van der Waals surface area contributed by atoms with Gasteiger partial charge in [-0.25, -0.2) is 0 Å². The van der Waals surface area contributed by atoms with Gasteiger partial charge in [0.1, 0.15) is 0 Å². The summed E-state index contributed by atoms with van der Waals surface area (Å²) < 4.78 is 0. The maximum atomic E-state index is 9.64. The second-order valence-corrected chi connectivity index (χ2v) is 5.38. The van der Waals surface area contributed by atoms with E-state index in [9.17, 15) is 5.11 Å². The molecule has 0 bridgehead atoms. The molecule has 0 aromatic heterocycles. The van der Waals surface area contributed by atoms with Gasteiger partial charge in [-0.1, -0.05) is 17.7 Å². The highest BCUT2D eigenvalue weighted by atomic mass is 35.5. The maximum absolute atomic E-state index is 9.64. The van der Waals surface area contributed by atoms with E-state index in [0.29, 0.717) is 11.7 Å². The summed E-state index contributed by atoms with van der Waals surface area (Å²) in [7, 11) is 0. The van der Waals surface area contributed by atoms with E-state index in [1.54, 1.807) is 0 Å². The molecule has 0 aliphatic carbocycles. The van der Waals surface area contributed by atoms with Crippen molar-refractivity contribution in [1.29, 1.82) is 0 Å². The first-order chi connectivity index (χ1) is 8.58. The molecule has 3 nitrogen and oxygen atoms in total. The number of nitrogens with zero attached hydrogens (tertiary/aromatic N) is 1. The zero-order chi connectivity index (χ0) is 13.1. The summed E-state index contributed by atoms with van der Waals surface area (Å²) in [6.45, 7) is 3.45. The fraction of sp³-hybridized carbons (Fsp3) is 0.462. The lowest BCUT2D eigenvalue weighted by Gasteiger charge is -2.32. The Bertz CT molecular complexity index is 453. The van der Waals surface area contributed by atoms with Gasteiger partial charge < -0.3 is 15.3 Å². The predicted octanol–water partition coefficient (Wildman–Crippen LogP) is 2.80. The van der Waals surface area contributed by atoms with Crippen LogP contribution in [0.4, 0.5) is 5.69 Å². The van der Waals surface area contributed by atoms with Gasteiger partial charge in [-0.2, -0.15) is 0 Å². The van der Waals surface area contributed by atoms with Crippen molar-refractivity contribution in [2.24, 2.45) is 0 Å². The first kappa shape index (κ1) is 13.6. The molecule has 1 fully saturated rings. The summed E-state index contributed by atoms with van der Waals surface area (Å²) >= 11 is 11.4. The number of aliphatic hydroxyl groups is 1. The van der Waals surface area contributed by atoms with E-state index in [1.165, 1.54) is 0 Å². The minimum Gasteiger partial charge on any atom is -0.391 e. The predicted molar refractivity (Wildman–Crippen MR) is 79.2 cm³/mol. The fourth-order valence-corrected chi connectivity index (χ4v) is 2.53. The second-order valence-electron chi connectivity index (χ2n) is 4.58. The number of nitrogens with one attached hydrogen (secondary N) is 1. The first-order valence-corrected chi connectivity index (χ1v) is 6.85. The van der Waals surface area contributed by atoms with Crippen molar-refractivity contribution in [2.75, 3.05) is 18.4 Å². The van der Waals surface area contributed by atoms with Crippen LogP contribution >= 0.6 is 23.8 Å². The van der Waals surface area contributed by atoms with Crippen molar-refractivity contribution in [3.8, 4) is 0 Å². The minimum atomic E-state index is -0.279. The molecule has 18 heavy (non-hydrogen) atoms. The van der Waals surface area contributed by atoms with Gasteiger partial charge >= 0.3 is 0 Å². The number of likely N-dealkylation sites (tertiary alicyclic amines) is 1. The number of hydrogen-bond acceptors (Lipinski definition) is 2. The normalized spacial score (nSPS) is 19.7. The number of halogens is 1. The van der Waals surface area contributed by atoms with Gasteiger partial charge in [-0.05, 0) is 49.7 Å². The van der Waals surface area contributed by atoms with E-state index in [1.807, 2.05) is 30.0 Å². The van der Waals surface area contributed by atoms with Crippen molar-refractivity contribution in [3.63, 3.8) is 0 Å². The van der Waals surface area contributed by atoms with Gasteiger partial charge in [-0.3, -0.25) is 0 Å². The zero-order valence-electron chi connectivity index (χ0n) is 10.3. The fourth-order valence-electron chi connectivity index (χ4n) is 2.08. The third-order valence-electron chi connectivity index (χ3n) is 3.19. The van der Waals surface area contributed by atoms with E-state index < -0.39 is 0 Å². The van der Waals surface area contributed by atoms with Crippen molar-refractivity contribution in [3.05, 3.63) is 28.8 Å². The van der Waals surface area contributed by atoms with Crippen LogP contribution in [0.1, 0.15) is 18.4 Å². The summed E-state index contributed by atoms with van der Waals surface area (Å²) in [6, 6.07) is 5.70. The van der Waals surface area contributed by atoms with E-state index >= 15 is 0 Å². The SMILES string of the molecule is Cc1c(Cl)cccc1NC(=S)N1CCCC(O)C1. The lowest BCUT2D eigenvalue weighted by atomic mass is 10.1. The summed E-state index contributed by atoms with van der Waals surface area (Å²) in [5.41, 5.74) is 1.91. The molecule has 2 rings (SSSR count). The van der Waals surface area contributed by atoms with Gasteiger partial charge in [-0.15, -0.1) is 0 Å². The van der Waals surface area contributed by atoms with E-state index in [-0.39, 0.29) is 6.10 Å². The van der Waals surface area contributed by atoms with Crippen LogP contribution in [-0.2, 0) is 0 Å². The average molecular weight is 285 g/mol. The van der Waals surface area contributed by atoms with Gasteiger partial charge in [0, 0.05) is 23.8 Å². The lowest BCUT2D eigenvalue weighted by molar-refractivity contribution is 0.104. The van der Waals surface area contributed by atoms with Crippen molar-refractivity contribution < 1.29 is 5.11 Å². The number of rotatable bonds is 1. The Kier molecular flexibility index (Phi) is 4.43. The third-order valence-corrected chi connectivity index (χ3v) is 3.96. The van der Waals surface area contributed by atoms with Crippen LogP contribution in [0, 0.1) is 6.92 Å². The Morgan fingerprint density at radius 1 is 1.56 bits per heavy atom. The first-order valence-electron chi connectivity index (χ1n) is 6.07. The largest absolute Gasteiger partial charge is 0.391 e. The van der Waals surface area contributed by atoms with Gasteiger partial charge in [0.25, 0.3) is 0 Å². The number of piperidine rings is 1. The van der Waals surface area contributed by atoms with Crippen molar-refractivity contribution in [2.45, 2.75) is 25.9 Å². The Labute approximate surface area is 118 Å². The molecule has 0 saturated carbocycles. The Hall–Kier alpha value is -0.840. The van der Waals surface area contributed by atoms with Crippen LogP contribution < -0.4 is 5.32 Å². The van der Waals surface area contributed by atoms with Crippen LogP contribution in [0.25, 0.3) is 0 Å². The van der Waals surface area contributed by atoms with Crippen molar-refractivity contribution in [1.82, 2.24) is 4.90 Å². The third kappa shape index (κ3) is 3.13. The van der Waals surface area contributed by atoms with Gasteiger partial charge in [0.15, 0.2) is 5.11 Å². The van der Waals surface area contributed by atoms with Crippen molar-refractivity contribution >= 4 is 34.6 Å². The minimum absolute atomic E-state index is 0.279. The summed E-state index contributed by atoms with van der Waals surface area (Å²) in [5, 5.41) is 14.2. The Morgan fingerprint density at radius 3 is 3.06 bits per heavy atom. The molecule has 1 saturated heterocycles. The van der Waals surface area contributed by atoms with E-state index in [2.05, 4.69) is 5.32 Å². The molecule has 2 N–H and O–H groups in total. The summed E-state index contributed by atoms with van der Waals surface area (Å²) in [5.74, 6) is 0. The molecule has 1 aliphatic rings. The summed E-state index contributed by atoms with van der Waals surface area (Å²) in [6.07, 6.45) is 1.55. The van der Waals surface area contributed by atoms with Gasteiger partial charge in [0.05, 0.1) is 6.10 Å². The lowest BCUT2D eigenvalue weighted by Crippen LogP contribution is -2.44. The summed E-state index contributed by atoms with van der Waals surface area (Å²) in [4.78, 5) is 2.00. The van der Waals surface area contributed by atoms with Gasteiger partial charge in [0.2, 0.25) is 0 Å². The van der Waals surface area contributed by atoms with Crippen LogP contribution in [0.5, 0.6) is 0 Å². The van der Waals surface area contributed by atoms with Crippen LogP contribution in [-0.4, -0.2) is 34.3 Å². The maximum Gasteiger partial charge on any atom is 0.173 e. The van der Waals surface area contributed by atoms with E-state index in [0.717, 1.165) is 35.7 Å². The van der Waals surface area contributed by atoms with Crippen LogP contribution in [0.2, 0.25) is 5.02 Å². The molecule has 0 spiro atoms. The van der Waals surface area contributed by atoms with E-state index in [4.69, 9.17) is 23.8 Å². The highest BCUT2D eigenvalue weighted by Crippen LogP contribution is 2.23. The number of hydrogen-bond donors (Lipinski definition) is 2. The number of aliphatic hydroxyl groups excluding tert-OH is 1. The molecule has 1 unspecified atom stereocenters. The molecular formula is C13H17ClN2OS. The number of thiocarbonyl (C=S) groups is 1. The van der Waals surface area contributed by atoms with Crippen LogP contribution in [0.15, 0.2) is 18.2 Å². The molecular weight excluding hydrogens is 268 g/mol. The molecule has 1 aromatic carbocycles.